The fraction of sp³-hybridized carbons (Fsp3) is 0.450. The third-order valence-electron chi connectivity index (χ3n) is 4.42. The van der Waals surface area contributed by atoms with Crippen LogP contribution in [0, 0.1) is 5.92 Å². The monoisotopic (exact) mass is 309 g/mol. The standard InChI is InChI=1S/C20H27N3/c1-17(2)15-18-6-8-19(9-7-18)16-22-11-13-23(14-12-22)20-5-3-4-10-21-20/h3-10,17H,11-16H2,1-2H3. The molecule has 122 valence electrons. The highest BCUT2D eigenvalue weighted by atomic mass is 15.3. The average Bonchev–Trinajstić information content (AvgIpc) is 2.58. The van der Waals surface area contributed by atoms with E-state index in [4.69, 9.17) is 0 Å². The molecular formula is C20H27N3. The van der Waals surface area contributed by atoms with Crippen LogP contribution in [0.2, 0.25) is 0 Å². The normalized spacial score (nSPS) is 16.0. The predicted octanol–water partition coefficient (Wildman–Crippen LogP) is 3.60. The largest absolute Gasteiger partial charge is 0.354 e. The Morgan fingerprint density at radius 2 is 1.61 bits per heavy atom. The third-order valence-corrected chi connectivity index (χ3v) is 4.42. The SMILES string of the molecule is CC(C)Cc1ccc(CN2CCN(c3ccccn3)CC2)cc1. The molecule has 1 aromatic heterocycles. The fourth-order valence-corrected chi connectivity index (χ4v) is 3.19. The van der Waals surface area contributed by atoms with Gasteiger partial charge in [-0.2, -0.15) is 0 Å². The van der Waals surface area contributed by atoms with Crippen LogP contribution in [0.3, 0.4) is 0 Å². The van der Waals surface area contributed by atoms with E-state index in [9.17, 15) is 0 Å². The van der Waals surface area contributed by atoms with Gasteiger partial charge in [0, 0.05) is 38.9 Å². The quantitative estimate of drug-likeness (QED) is 0.841. The van der Waals surface area contributed by atoms with Crippen molar-refractivity contribution in [1.82, 2.24) is 9.88 Å². The van der Waals surface area contributed by atoms with Gasteiger partial charge in [-0.25, -0.2) is 4.98 Å². The fourth-order valence-electron chi connectivity index (χ4n) is 3.19. The zero-order chi connectivity index (χ0) is 16.1. The molecule has 0 saturated carbocycles. The molecular weight excluding hydrogens is 282 g/mol. The summed E-state index contributed by atoms with van der Waals surface area (Å²) in [7, 11) is 0. The lowest BCUT2D eigenvalue weighted by atomic mass is 10.0. The lowest BCUT2D eigenvalue weighted by Gasteiger charge is -2.35. The van der Waals surface area contributed by atoms with Crippen LogP contribution >= 0.6 is 0 Å². The van der Waals surface area contributed by atoms with Crippen molar-refractivity contribution in [3.63, 3.8) is 0 Å². The van der Waals surface area contributed by atoms with E-state index in [0.29, 0.717) is 0 Å². The van der Waals surface area contributed by atoms with Gasteiger partial charge in [-0.05, 0) is 35.6 Å². The first-order valence-corrected chi connectivity index (χ1v) is 8.67. The lowest BCUT2D eigenvalue weighted by molar-refractivity contribution is 0.249. The summed E-state index contributed by atoms with van der Waals surface area (Å²) in [5, 5.41) is 0. The van der Waals surface area contributed by atoms with E-state index in [1.54, 1.807) is 0 Å². The molecule has 3 heteroatoms. The molecule has 0 unspecified atom stereocenters. The van der Waals surface area contributed by atoms with Gasteiger partial charge in [-0.3, -0.25) is 4.90 Å². The Morgan fingerprint density at radius 1 is 0.913 bits per heavy atom. The van der Waals surface area contributed by atoms with Crippen molar-refractivity contribution in [3.8, 4) is 0 Å². The number of piperazine rings is 1. The summed E-state index contributed by atoms with van der Waals surface area (Å²) in [6, 6.07) is 15.3. The molecule has 3 nitrogen and oxygen atoms in total. The average molecular weight is 309 g/mol. The second kappa shape index (κ2) is 7.60. The molecule has 0 bridgehead atoms. The Morgan fingerprint density at radius 3 is 2.22 bits per heavy atom. The molecule has 0 atom stereocenters. The Bertz CT molecular complexity index is 584. The molecule has 1 saturated heterocycles. The minimum Gasteiger partial charge on any atom is -0.354 e. The van der Waals surface area contributed by atoms with Gasteiger partial charge in [0.05, 0.1) is 0 Å². The number of hydrogen-bond acceptors (Lipinski definition) is 3. The van der Waals surface area contributed by atoms with Gasteiger partial charge in [0.25, 0.3) is 0 Å². The highest BCUT2D eigenvalue weighted by Crippen LogP contribution is 2.15. The van der Waals surface area contributed by atoms with E-state index in [1.807, 2.05) is 12.3 Å². The van der Waals surface area contributed by atoms with Crippen molar-refractivity contribution in [3.05, 3.63) is 59.8 Å². The highest BCUT2D eigenvalue weighted by molar-refractivity contribution is 5.38. The van der Waals surface area contributed by atoms with E-state index in [0.717, 1.165) is 44.5 Å². The summed E-state index contributed by atoms with van der Waals surface area (Å²) >= 11 is 0. The summed E-state index contributed by atoms with van der Waals surface area (Å²) in [5.41, 5.74) is 2.87. The number of aromatic nitrogens is 1. The first-order chi connectivity index (χ1) is 11.2. The molecule has 23 heavy (non-hydrogen) atoms. The summed E-state index contributed by atoms with van der Waals surface area (Å²) in [6.07, 6.45) is 3.05. The van der Waals surface area contributed by atoms with Gasteiger partial charge in [0.15, 0.2) is 0 Å². The van der Waals surface area contributed by atoms with Gasteiger partial charge in [0.1, 0.15) is 5.82 Å². The molecule has 1 aliphatic rings. The molecule has 3 rings (SSSR count). The summed E-state index contributed by atoms with van der Waals surface area (Å²) in [6.45, 7) is 9.92. The van der Waals surface area contributed by atoms with Crippen LogP contribution in [0.25, 0.3) is 0 Å². The molecule has 0 N–H and O–H groups in total. The van der Waals surface area contributed by atoms with Crippen molar-refractivity contribution in [1.29, 1.82) is 0 Å². The molecule has 2 aromatic rings. The van der Waals surface area contributed by atoms with Crippen LogP contribution in [-0.2, 0) is 13.0 Å². The Balaban J connectivity index is 1.50. The van der Waals surface area contributed by atoms with Gasteiger partial charge >= 0.3 is 0 Å². The smallest absolute Gasteiger partial charge is 0.128 e. The second-order valence-corrected chi connectivity index (χ2v) is 6.87. The predicted molar refractivity (Wildman–Crippen MR) is 96.7 cm³/mol. The molecule has 0 aliphatic carbocycles. The van der Waals surface area contributed by atoms with E-state index in [2.05, 4.69) is 65.0 Å². The molecule has 1 fully saturated rings. The van der Waals surface area contributed by atoms with Crippen LogP contribution in [0.15, 0.2) is 48.7 Å². The third kappa shape index (κ3) is 4.55. The molecule has 0 amide bonds. The maximum Gasteiger partial charge on any atom is 0.128 e. The van der Waals surface area contributed by atoms with E-state index in [1.165, 1.54) is 17.5 Å². The van der Waals surface area contributed by atoms with Crippen LogP contribution in [0.1, 0.15) is 25.0 Å². The number of hydrogen-bond donors (Lipinski definition) is 0. The maximum absolute atomic E-state index is 4.45. The van der Waals surface area contributed by atoms with Crippen LogP contribution in [0.5, 0.6) is 0 Å². The van der Waals surface area contributed by atoms with Crippen LogP contribution in [0.4, 0.5) is 5.82 Å². The first-order valence-electron chi connectivity index (χ1n) is 8.67. The first kappa shape index (κ1) is 16.0. The van der Waals surface area contributed by atoms with Crippen molar-refractivity contribution in [2.24, 2.45) is 5.92 Å². The van der Waals surface area contributed by atoms with Gasteiger partial charge < -0.3 is 4.90 Å². The van der Waals surface area contributed by atoms with Gasteiger partial charge in [-0.1, -0.05) is 44.2 Å². The van der Waals surface area contributed by atoms with Crippen molar-refractivity contribution < 1.29 is 0 Å². The number of anilines is 1. The maximum atomic E-state index is 4.45. The van der Waals surface area contributed by atoms with Crippen LogP contribution in [-0.4, -0.2) is 36.1 Å². The highest BCUT2D eigenvalue weighted by Gasteiger charge is 2.17. The molecule has 0 spiro atoms. The van der Waals surface area contributed by atoms with E-state index < -0.39 is 0 Å². The Hall–Kier alpha value is -1.87. The number of pyridine rings is 1. The topological polar surface area (TPSA) is 19.4 Å². The van der Waals surface area contributed by atoms with Crippen LogP contribution < -0.4 is 4.90 Å². The van der Waals surface area contributed by atoms with Crippen molar-refractivity contribution in [2.45, 2.75) is 26.8 Å². The Kier molecular flexibility index (Phi) is 5.29. The minimum absolute atomic E-state index is 0.723. The zero-order valence-corrected chi connectivity index (χ0v) is 14.3. The van der Waals surface area contributed by atoms with E-state index in [-0.39, 0.29) is 0 Å². The zero-order valence-electron chi connectivity index (χ0n) is 14.3. The summed E-state index contributed by atoms with van der Waals surface area (Å²) in [4.78, 5) is 9.37. The Labute approximate surface area is 140 Å². The number of nitrogens with zero attached hydrogens (tertiary/aromatic N) is 3. The van der Waals surface area contributed by atoms with Crippen molar-refractivity contribution >= 4 is 5.82 Å². The van der Waals surface area contributed by atoms with E-state index >= 15 is 0 Å². The molecule has 1 aliphatic heterocycles. The number of rotatable bonds is 5. The molecule has 0 radical (unpaired) electrons. The molecule has 2 heterocycles. The number of benzene rings is 1. The summed E-state index contributed by atoms with van der Waals surface area (Å²) in [5.74, 6) is 1.82. The van der Waals surface area contributed by atoms with Gasteiger partial charge in [0.2, 0.25) is 0 Å². The minimum atomic E-state index is 0.723. The van der Waals surface area contributed by atoms with Gasteiger partial charge in [-0.15, -0.1) is 0 Å². The lowest BCUT2D eigenvalue weighted by Crippen LogP contribution is -2.46. The molecule has 1 aromatic carbocycles. The summed E-state index contributed by atoms with van der Waals surface area (Å²) < 4.78 is 0. The van der Waals surface area contributed by atoms with Crippen molar-refractivity contribution in [2.75, 3.05) is 31.1 Å². The second-order valence-electron chi connectivity index (χ2n) is 6.87.